The van der Waals surface area contributed by atoms with Gasteiger partial charge in [0.1, 0.15) is 5.75 Å². The van der Waals surface area contributed by atoms with Crippen LogP contribution in [0.4, 0.5) is 5.69 Å². The summed E-state index contributed by atoms with van der Waals surface area (Å²) in [4.78, 5) is 16.7. The first-order valence-electron chi connectivity index (χ1n) is 9.27. The Morgan fingerprint density at radius 1 is 1.11 bits per heavy atom. The molecule has 0 aliphatic carbocycles. The molecule has 1 atom stereocenters. The average molecular weight is 403 g/mol. The van der Waals surface area contributed by atoms with Crippen LogP contribution in [-0.2, 0) is 21.2 Å². The molecule has 1 fully saturated rings. The molecule has 0 unspecified atom stereocenters. The van der Waals surface area contributed by atoms with E-state index >= 15 is 0 Å². The van der Waals surface area contributed by atoms with E-state index in [9.17, 15) is 13.2 Å². The Balaban J connectivity index is 1.71. The molecule has 1 aliphatic heterocycles. The number of carbonyl (C=O) groups excluding carboxylic acids is 1. The first-order valence-corrected chi connectivity index (χ1v) is 11.1. The summed E-state index contributed by atoms with van der Waals surface area (Å²) < 4.78 is 29.1. The van der Waals surface area contributed by atoms with E-state index in [4.69, 9.17) is 4.74 Å². The summed E-state index contributed by atoms with van der Waals surface area (Å²) in [7, 11) is 0.427. The second-order valence-electron chi connectivity index (χ2n) is 7.18. The Bertz CT molecular complexity index is 898. The van der Waals surface area contributed by atoms with Crippen LogP contribution in [0.25, 0.3) is 0 Å². The third-order valence-electron chi connectivity index (χ3n) is 4.89. The Morgan fingerprint density at radius 3 is 2.36 bits per heavy atom. The molecule has 7 heteroatoms. The van der Waals surface area contributed by atoms with Crippen LogP contribution in [0, 0.1) is 0 Å². The number of methoxy groups -OCH3 is 1. The van der Waals surface area contributed by atoms with Gasteiger partial charge in [-0.1, -0.05) is 30.3 Å². The number of para-hydroxylation sites is 1. The molecular formula is C21H26N2O4S. The molecule has 3 rings (SSSR count). The molecule has 1 amide bonds. The highest BCUT2D eigenvalue weighted by molar-refractivity contribution is 7.91. The summed E-state index contributed by atoms with van der Waals surface area (Å²) >= 11 is 0. The van der Waals surface area contributed by atoms with Gasteiger partial charge < -0.3 is 9.64 Å². The quantitative estimate of drug-likeness (QED) is 0.711. The number of hydrogen-bond donors (Lipinski definition) is 0. The number of benzene rings is 2. The van der Waals surface area contributed by atoms with Crippen molar-refractivity contribution in [3.8, 4) is 5.75 Å². The van der Waals surface area contributed by atoms with E-state index in [1.165, 1.54) is 0 Å². The highest BCUT2D eigenvalue weighted by atomic mass is 32.2. The second kappa shape index (κ2) is 8.75. The highest BCUT2D eigenvalue weighted by Gasteiger charge is 2.35. The number of sulfone groups is 1. The van der Waals surface area contributed by atoms with Gasteiger partial charge in [-0.3, -0.25) is 9.69 Å². The number of carbonyl (C=O) groups is 1. The molecule has 0 N–H and O–H groups in total. The fourth-order valence-electron chi connectivity index (χ4n) is 3.53. The van der Waals surface area contributed by atoms with E-state index in [0.29, 0.717) is 13.0 Å². The van der Waals surface area contributed by atoms with Crippen molar-refractivity contribution in [1.82, 2.24) is 4.90 Å². The standard InChI is InChI=1S/C21H26N2O4S/c1-22(14-17-8-10-20(27-2)11-9-17)15-21(24)23(18-6-4-3-5-7-18)19-12-13-28(25,26)16-19/h3-11,19H,12-16H2,1-2H3/t19-/m0/s1. The molecule has 28 heavy (non-hydrogen) atoms. The van der Waals surface area contributed by atoms with Gasteiger partial charge in [0.15, 0.2) is 9.84 Å². The van der Waals surface area contributed by atoms with Crippen molar-refractivity contribution in [2.45, 2.75) is 19.0 Å². The van der Waals surface area contributed by atoms with Crippen LogP contribution >= 0.6 is 0 Å². The smallest absolute Gasteiger partial charge is 0.241 e. The summed E-state index contributed by atoms with van der Waals surface area (Å²) in [6, 6.07) is 16.7. The molecule has 0 bridgehead atoms. The molecule has 2 aromatic rings. The van der Waals surface area contributed by atoms with Gasteiger partial charge in [-0.15, -0.1) is 0 Å². The van der Waals surface area contributed by atoms with E-state index in [-0.39, 0.29) is 30.0 Å². The van der Waals surface area contributed by atoms with Gasteiger partial charge in [0, 0.05) is 12.2 Å². The van der Waals surface area contributed by atoms with E-state index in [1.807, 2.05) is 66.5 Å². The lowest BCUT2D eigenvalue weighted by Crippen LogP contribution is -2.45. The van der Waals surface area contributed by atoms with Crippen LogP contribution in [-0.4, -0.2) is 57.5 Å². The maximum Gasteiger partial charge on any atom is 0.241 e. The fraction of sp³-hybridized carbons (Fsp3) is 0.381. The average Bonchev–Trinajstić information content (AvgIpc) is 3.02. The molecule has 0 aromatic heterocycles. The molecule has 150 valence electrons. The molecule has 6 nitrogen and oxygen atoms in total. The number of amides is 1. The van der Waals surface area contributed by atoms with Crippen molar-refractivity contribution in [1.29, 1.82) is 0 Å². The normalized spacial score (nSPS) is 18.2. The zero-order valence-electron chi connectivity index (χ0n) is 16.2. The largest absolute Gasteiger partial charge is 0.497 e. The summed E-state index contributed by atoms with van der Waals surface area (Å²) in [5.41, 5.74) is 1.82. The molecule has 0 radical (unpaired) electrons. The summed E-state index contributed by atoms with van der Waals surface area (Å²) in [5.74, 6) is 0.857. The van der Waals surface area contributed by atoms with Gasteiger partial charge in [0.25, 0.3) is 0 Å². The highest BCUT2D eigenvalue weighted by Crippen LogP contribution is 2.25. The van der Waals surface area contributed by atoms with Crippen molar-refractivity contribution in [2.75, 3.05) is 37.1 Å². The third-order valence-corrected chi connectivity index (χ3v) is 6.64. The molecule has 1 aliphatic rings. The Kier molecular flexibility index (Phi) is 6.36. The van der Waals surface area contributed by atoms with Crippen LogP contribution in [0.5, 0.6) is 5.75 Å². The van der Waals surface area contributed by atoms with E-state index in [2.05, 4.69) is 0 Å². The number of nitrogens with zero attached hydrogens (tertiary/aromatic N) is 2. The number of rotatable bonds is 7. The van der Waals surface area contributed by atoms with Crippen molar-refractivity contribution in [3.63, 3.8) is 0 Å². The minimum atomic E-state index is -3.09. The van der Waals surface area contributed by atoms with Gasteiger partial charge in [-0.25, -0.2) is 8.42 Å². The topological polar surface area (TPSA) is 66.9 Å². The van der Waals surface area contributed by atoms with E-state index in [0.717, 1.165) is 17.0 Å². The van der Waals surface area contributed by atoms with Crippen LogP contribution in [0.2, 0.25) is 0 Å². The van der Waals surface area contributed by atoms with Crippen molar-refractivity contribution in [3.05, 3.63) is 60.2 Å². The Hall–Kier alpha value is -2.38. The number of hydrogen-bond acceptors (Lipinski definition) is 5. The Morgan fingerprint density at radius 2 is 1.79 bits per heavy atom. The fourth-order valence-corrected chi connectivity index (χ4v) is 5.23. The lowest BCUT2D eigenvalue weighted by atomic mass is 10.1. The number of likely N-dealkylation sites (N-methyl/N-ethyl adjacent to an activating group) is 1. The zero-order chi connectivity index (χ0) is 20.1. The monoisotopic (exact) mass is 402 g/mol. The van der Waals surface area contributed by atoms with Crippen LogP contribution in [0.1, 0.15) is 12.0 Å². The lowest BCUT2D eigenvalue weighted by Gasteiger charge is -2.30. The predicted octanol–water partition coefficient (Wildman–Crippen LogP) is 2.35. The third kappa shape index (κ3) is 5.11. The molecular weight excluding hydrogens is 376 g/mol. The summed E-state index contributed by atoms with van der Waals surface area (Å²) in [6.07, 6.45) is 0.477. The van der Waals surface area contributed by atoms with E-state index < -0.39 is 9.84 Å². The summed E-state index contributed by atoms with van der Waals surface area (Å²) in [6.45, 7) is 0.818. The predicted molar refractivity (Wildman–Crippen MR) is 110 cm³/mol. The molecule has 0 spiro atoms. The Labute approximate surface area is 166 Å². The lowest BCUT2D eigenvalue weighted by molar-refractivity contribution is -0.120. The first kappa shape index (κ1) is 20.4. The number of anilines is 1. The maximum atomic E-state index is 13.1. The molecule has 2 aromatic carbocycles. The van der Waals surface area contributed by atoms with Gasteiger partial charge in [0.05, 0.1) is 31.2 Å². The van der Waals surface area contributed by atoms with Crippen molar-refractivity contribution >= 4 is 21.4 Å². The zero-order valence-corrected chi connectivity index (χ0v) is 17.1. The summed E-state index contributed by atoms with van der Waals surface area (Å²) in [5, 5.41) is 0. The van der Waals surface area contributed by atoms with Gasteiger partial charge in [-0.05, 0) is 43.3 Å². The minimum Gasteiger partial charge on any atom is -0.497 e. The van der Waals surface area contributed by atoms with Gasteiger partial charge >= 0.3 is 0 Å². The number of ether oxygens (including phenoxy) is 1. The first-order chi connectivity index (χ1) is 13.4. The van der Waals surface area contributed by atoms with Crippen LogP contribution < -0.4 is 9.64 Å². The SMILES string of the molecule is COc1ccc(CN(C)CC(=O)N(c2ccccc2)[C@H]2CCS(=O)(=O)C2)cc1. The van der Waals surface area contributed by atoms with E-state index in [1.54, 1.807) is 12.0 Å². The molecule has 1 saturated heterocycles. The van der Waals surface area contributed by atoms with Gasteiger partial charge in [-0.2, -0.15) is 0 Å². The minimum absolute atomic E-state index is 0.0236. The molecule has 0 saturated carbocycles. The van der Waals surface area contributed by atoms with Crippen molar-refractivity contribution in [2.24, 2.45) is 0 Å². The second-order valence-corrected chi connectivity index (χ2v) is 9.41. The van der Waals surface area contributed by atoms with Gasteiger partial charge in [0.2, 0.25) is 5.91 Å². The van der Waals surface area contributed by atoms with Crippen LogP contribution in [0.15, 0.2) is 54.6 Å². The molecule has 1 heterocycles. The van der Waals surface area contributed by atoms with Crippen LogP contribution in [0.3, 0.4) is 0 Å². The van der Waals surface area contributed by atoms with Crippen molar-refractivity contribution < 1.29 is 17.9 Å². The maximum absolute atomic E-state index is 13.1.